The van der Waals surface area contributed by atoms with Gasteiger partial charge in [-0.05, 0) is 24.6 Å². The fourth-order valence-corrected chi connectivity index (χ4v) is 2.57. The van der Waals surface area contributed by atoms with E-state index in [1.54, 1.807) is 10.9 Å². The average Bonchev–Trinajstić information content (AvgIpc) is 2.89. The van der Waals surface area contributed by atoms with Gasteiger partial charge in [0, 0.05) is 29.5 Å². The van der Waals surface area contributed by atoms with Crippen molar-refractivity contribution in [2.45, 2.75) is 25.6 Å². The number of nitrogens with zero attached hydrogens (tertiary/aromatic N) is 2. The SMILES string of the molecule is C[C@H](NCC(O)Cn1cccn1)c1ccccc1Br. The van der Waals surface area contributed by atoms with Gasteiger partial charge in [-0.15, -0.1) is 0 Å². The Kier molecular flexibility index (Phi) is 5.13. The summed E-state index contributed by atoms with van der Waals surface area (Å²) in [6.07, 6.45) is 3.11. The van der Waals surface area contributed by atoms with E-state index in [1.807, 2.05) is 30.5 Å². The zero-order valence-electron chi connectivity index (χ0n) is 10.8. The molecule has 4 nitrogen and oxygen atoms in total. The quantitative estimate of drug-likeness (QED) is 0.858. The minimum atomic E-state index is -0.454. The van der Waals surface area contributed by atoms with Crippen molar-refractivity contribution in [1.82, 2.24) is 15.1 Å². The number of aromatic nitrogens is 2. The van der Waals surface area contributed by atoms with Crippen LogP contribution in [0.15, 0.2) is 47.2 Å². The Balaban J connectivity index is 1.83. The van der Waals surface area contributed by atoms with Crippen LogP contribution in [0, 0.1) is 0 Å². The average molecular weight is 324 g/mol. The monoisotopic (exact) mass is 323 g/mol. The van der Waals surface area contributed by atoms with E-state index < -0.39 is 6.10 Å². The molecule has 0 bridgehead atoms. The second-order valence-electron chi connectivity index (χ2n) is 4.53. The summed E-state index contributed by atoms with van der Waals surface area (Å²) < 4.78 is 2.81. The highest BCUT2D eigenvalue weighted by Gasteiger charge is 2.11. The van der Waals surface area contributed by atoms with Crippen LogP contribution in [-0.4, -0.2) is 27.5 Å². The second kappa shape index (κ2) is 6.84. The second-order valence-corrected chi connectivity index (χ2v) is 5.39. The van der Waals surface area contributed by atoms with Gasteiger partial charge in [0.15, 0.2) is 0 Å². The van der Waals surface area contributed by atoms with E-state index in [9.17, 15) is 5.11 Å². The molecule has 0 aliphatic rings. The van der Waals surface area contributed by atoms with Gasteiger partial charge in [0.2, 0.25) is 0 Å². The van der Waals surface area contributed by atoms with Crippen LogP contribution in [-0.2, 0) is 6.54 Å². The number of rotatable bonds is 6. The summed E-state index contributed by atoms with van der Waals surface area (Å²) in [5, 5.41) is 17.4. The Morgan fingerprint density at radius 3 is 2.84 bits per heavy atom. The molecule has 1 aromatic carbocycles. The van der Waals surface area contributed by atoms with E-state index in [-0.39, 0.29) is 6.04 Å². The summed E-state index contributed by atoms with van der Waals surface area (Å²) in [5.41, 5.74) is 1.19. The molecular weight excluding hydrogens is 306 g/mol. The molecular formula is C14H18BrN3O. The van der Waals surface area contributed by atoms with Gasteiger partial charge in [-0.25, -0.2) is 0 Å². The molecule has 2 atom stereocenters. The van der Waals surface area contributed by atoms with Crippen LogP contribution in [0.1, 0.15) is 18.5 Å². The fourth-order valence-electron chi connectivity index (χ4n) is 1.94. The van der Waals surface area contributed by atoms with Crippen LogP contribution >= 0.6 is 15.9 Å². The Hall–Kier alpha value is -1.17. The smallest absolute Gasteiger partial charge is 0.0860 e. The zero-order chi connectivity index (χ0) is 13.7. The van der Waals surface area contributed by atoms with Gasteiger partial charge < -0.3 is 10.4 Å². The molecule has 0 aliphatic heterocycles. The third-order valence-corrected chi connectivity index (χ3v) is 3.71. The topological polar surface area (TPSA) is 50.1 Å². The number of hydrogen-bond donors (Lipinski definition) is 2. The molecule has 2 aromatic rings. The first-order chi connectivity index (χ1) is 9.16. The molecule has 0 saturated carbocycles. The van der Waals surface area contributed by atoms with Crippen molar-refractivity contribution >= 4 is 15.9 Å². The molecule has 102 valence electrons. The summed E-state index contributed by atoms with van der Waals surface area (Å²) in [6.45, 7) is 3.12. The van der Waals surface area contributed by atoms with Gasteiger partial charge >= 0.3 is 0 Å². The fraction of sp³-hybridized carbons (Fsp3) is 0.357. The van der Waals surface area contributed by atoms with Crippen molar-refractivity contribution in [3.8, 4) is 0 Å². The molecule has 1 heterocycles. The van der Waals surface area contributed by atoms with Crippen molar-refractivity contribution in [1.29, 1.82) is 0 Å². The number of hydrogen-bond acceptors (Lipinski definition) is 3. The van der Waals surface area contributed by atoms with E-state index in [0.29, 0.717) is 13.1 Å². The van der Waals surface area contributed by atoms with Gasteiger partial charge in [0.25, 0.3) is 0 Å². The van der Waals surface area contributed by atoms with Gasteiger partial charge in [-0.1, -0.05) is 34.1 Å². The highest BCUT2D eigenvalue weighted by atomic mass is 79.9. The summed E-state index contributed by atoms with van der Waals surface area (Å²) in [5.74, 6) is 0. The Labute approximate surface area is 121 Å². The maximum Gasteiger partial charge on any atom is 0.0860 e. The molecule has 1 aromatic heterocycles. The Morgan fingerprint density at radius 2 is 2.16 bits per heavy atom. The molecule has 0 radical (unpaired) electrons. The molecule has 0 amide bonds. The van der Waals surface area contributed by atoms with Crippen molar-refractivity contribution in [3.63, 3.8) is 0 Å². The maximum atomic E-state index is 9.95. The van der Waals surface area contributed by atoms with Crippen LogP contribution in [0.4, 0.5) is 0 Å². The van der Waals surface area contributed by atoms with E-state index >= 15 is 0 Å². The number of aliphatic hydroxyl groups excluding tert-OH is 1. The largest absolute Gasteiger partial charge is 0.390 e. The van der Waals surface area contributed by atoms with Crippen LogP contribution in [0.3, 0.4) is 0 Å². The standard InChI is InChI=1S/C14H18BrN3O/c1-11(13-5-2-3-6-14(13)15)16-9-12(19)10-18-8-4-7-17-18/h2-8,11-12,16,19H,9-10H2,1H3/t11-,12?/m0/s1. The molecule has 2 rings (SSSR count). The lowest BCUT2D eigenvalue weighted by atomic mass is 10.1. The van der Waals surface area contributed by atoms with Crippen molar-refractivity contribution in [2.24, 2.45) is 0 Å². The molecule has 2 N–H and O–H groups in total. The minimum absolute atomic E-state index is 0.183. The molecule has 19 heavy (non-hydrogen) atoms. The molecule has 0 aliphatic carbocycles. The lowest BCUT2D eigenvalue weighted by Crippen LogP contribution is -2.32. The van der Waals surface area contributed by atoms with E-state index in [2.05, 4.69) is 39.3 Å². The van der Waals surface area contributed by atoms with Crippen molar-refractivity contribution < 1.29 is 5.11 Å². The van der Waals surface area contributed by atoms with Crippen molar-refractivity contribution in [2.75, 3.05) is 6.54 Å². The molecule has 0 spiro atoms. The van der Waals surface area contributed by atoms with Crippen molar-refractivity contribution in [3.05, 3.63) is 52.8 Å². The summed E-state index contributed by atoms with van der Waals surface area (Å²) in [4.78, 5) is 0. The molecule has 1 unspecified atom stereocenters. The normalized spacial score (nSPS) is 14.3. The maximum absolute atomic E-state index is 9.95. The highest BCUT2D eigenvalue weighted by molar-refractivity contribution is 9.10. The molecule has 5 heteroatoms. The summed E-state index contributed by atoms with van der Waals surface area (Å²) >= 11 is 3.54. The minimum Gasteiger partial charge on any atom is -0.390 e. The lowest BCUT2D eigenvalue weighted by molar-refractivity contribution is 0.143. The zero-order valence-corrected chi connectivity index (χ0v) is 12.4. The first-order valence-electron chi connectivity index (χ1n) is 6.30. The lowest BCUT2D eigenvalue weighted by Gasteiger charge is -2.18. The number of aliphatic hydroxyl groups is 1. The highest BCUT2D eigenvalue weighted by Crippen LogP contribution is 2.22. The third-order valence-electron chi connectivity index (χ3n) is 2.99. The summed E-state index contributed by atoms with van der Waals surface area (Å²) in [6, 6.07) is 10.1. The van der Waals surface area contributed by atoms with Gasteiger partial charge in [-0.2, -0.15) is 5.10 Å². The molecule has 0 fully saturated rings. The Bertz CT molecular complexity index is 501. The third kappa shape index (κ3) is 4.16. The molecule has 0 saturated heterocycles. The number of nitrogens with one attached hydrogen (secondary N) is 1. The predicted octanol–water partition coefficient (Wildman–Crippen LogP) is 2.36. The van der Waals surface area contributed by atoms with Gasteiger partial charge in [0.05, 0.1) is 12.6 Å². The van der Waals surface area contributed by atoms with Crippen LogP contribution < -0.4 is 5.32 Å². The van der Waals surface area contributed by atoms with Crippen LogP contribution in [0.2, 0.25) is 0 Å². The first-order valence-corrected chi connectivity index (χ1v) is 7.09. The van der Waals surface area contributed by atoms with Gasteiger partial charge in [-0.3, -0.25) is 4.68 Å². The van der Waals surface area contributed by atoms with Gasteiger partial charge in [0.1, 0.15) is 0 Å². The Morgan fingerprint density at radius 1 is 1.37 bits per heavy atom. The van der Waals surface area contributed by atoms with E-state index in [0.717, 1.165) is 4.47 Å². The van der Waals surface area contributed by atoms with E-state index in [4.69, 9.17) is 0 Å². The van der Waals surface area contributed by atoms with Crippen LogP contribution in [0.25, 0.3) is 0 Å². The van der Waals surface area contributed by atoms with E-state index in [1.165, 1.54) is 5.56 Å². The number of benzene rings is 1. The first kappa shape index (κ1) is 14.2. The number of halogens is 1. The summed E-state index contributed by atoms with van der Waals surface area (Å²) in [7, 11) is 0. The predicted molar refractivity (Wildman–Crippen MR) is 78.8 cm³/mol. The van der Waals surface area contributed by atoms with Crippen LogP contribution in [0.5, 0.6) is 0 Å².